The summed E-state index contributed by atoms with van der Waals surface area (Å²) in [5, 5.41) is 2.51. The third-order valence-electron chi connectivity index (χ3n) is 4.01. The molecule has 1 N–H and O–H groups in total. The van der Waals surface area contributed by atoms with Gasteiger partial charge < -0.3 is 9.88 Å². The Balaban J connectivity index is 2.31. The Bertz CT molecular complexity index is 918. The second-order valence-corrected chi connectivity index (χ2v) is 8.32. The van der Waals surface area contributed by atoms with Crippen LogP contribution in [0.1, 0.15) is 34.5 Å². The van der Waals surface area contributed by atoms with E-state index in [0.717, 1.165) is 11.8 Å². The number of benzene rings is 1. The van der Waals surface area contributed by atoms with Gasteiger partial charge in [0.15, 0.2) is 0 Å². The van der Waals surface area contributed by atoms with E-state index in [9.17, 15) is 18.0 Å². The van der Waals surface area contributed by atoms with Crippen molar-refractivity contribution in [3.05, 3.63) is 69.6 Å². The van der Waals surface area contributed by atoms with Gasteiger partial charge in [0.05, 0.1) is 11.8 Å². The molecule has 0 saturated carbocycles. The quantitative estimate of drug-likeness (QED) is 0.845. The maximum absolute atomic E-state index is 12.8. The van der Waals surface area contributed by atoms with Crippen LogP contribution in [-0.4, -0.2) is 37.4 Å². The monoisotopic (exact) mass is 362 g/mol. The van der Waals surface area contributed by atoms with Gasteiger partial charge in [-0.05, 0) is 31.0 Å². The first-order valence-corrected chi connectivity index (χ1v) is 9.99. The number of rotatable bonds is 6. The Morgan fingerprint density at radius 2 is 1.84 bits per heavy atom. The fourth-order valence-corrected chi connectivity index (χ4v) is 3.03. The molecule has 1 aromatic carbocycles. The van der Waals surface area contributed by atoms with Crippen LogP contribution in [-0.2, 0) is 9.84 Å². The number of sulfone groups is 1. The van der Waals surface area contributed by atoms with E-state index < -0.39 is 21.3 Å². The highest BCUT2D eigenvalue weighted by atomic mass is 32.2. The SMILES string of the molecule is Cc1ccn(C(C)c2ccccc2)c(=O)c1C(=O)NCCS(C)(=O)=O. The molecule has 2 rings (SSSR count). The minimum Gasteiger partial charge on any atom is -0.351 e. The van der Waals surface area contributed by atoms with Crippen molar-refractivity contribution in [3.8, 4) is 0 Å². The average molecular weight is 362 g/mol. The Morgan fingerprint density at radius 1 is 1.20 bits per heavy atom. The number of pyridine rings is 1. The first-order chi connectivity index (χ1) is 11.7. The van der Waals surface area contributed by atoms with Crippen molar-refractivity contribution < 1.29 is 13.2 Å². The summed E-state index contributed by atoms with van der Waals surface area (Å²) in [5.41, 5.74) is 1.15. The summed E-state index contributed by atoms with van der Waals surface area (Å²) in [6, 6.07) is 11.0. The highest BCUT2D eigenvalue weighted by molar-refractivity contribution is 7.90. The zero-order valence-corrected chi connectivity index (χ0v) is 15.3. The molecule has 1 amide bonds. The summed E-state index contributed by atoms with van der Waals surface area (Å²) < 4.78 is 23.8. The Morgan fingerprint density at radius 3 is 2.44 bits per heavy atom. The van der Waals surface area contributed by atoms with Crippen LogP contribution >= 0.6 is 0 Å². The van der Waals surface area contributed by atoms with Gasteiger partial charge in [-0.15, -0.1) is 0 Å². The van der Waals surface area contributed by atoms with Gasteiger partial charge in [0.1, 0.15) is 15.4 Å². The number of carbonyl (C=O) groups excluding carboxylic acids is 1. The Labute approximate surface area is 147 Å². The lowest BCUT2D eigenvalue weighted by Gasteiger charge is -2.17. The molecule has 1 aromatic heterocycles. The van der Waals surface area contributed by atoms with Crippen LogP contribution in [0, 0.1) is 6.92 Å². The van der Waals surface area contributed by atoms with Gasteiger partial charge in [-0.3, -0.25) is 9.59 Å². The lowest BCUT2D eigenvalue weighted by atomic mass is 10.1. The minimum absolute atomic E-state index is 0.0281. The summed E-state index contributed by atoms with van der Waals surface area (Å²) in [5.74, 6) is -0.722. The zero-order valence-electron chi connectivity index (χ0n) is 14.5. The molecule has 1 unspecified atom stereocenters. The molecule has 0 saturated heterocycles. The van der Waals surface area contributed by atoms with Crippen LogP contribution in [0.5, 0.6) is 0 Å². The molecule has 2 aromatic rings. The molecule has 1 atom stereocenters. The van der Waals surface area contributed by atoms with Crippen LogP contribution in [0.4, 0.5) is 0 Å². The summed E-state index contributed by atoms with van der Waals surface area (Å²) in [7, 11) is -3.18. The van der Waals surface area contributed by atoms with Crippen LogP contribution in [0.3, 0.4) is 0 Å². The number of amides is 1. The van der Waals surface area contributed by atoms with Gasteiger partial charge in [0.25, 0.3) is 11.5 Å². The predicted octanol–water partition coefficient (Wildman–Crippen LogP) is 1.54. The number of aromatic nitrogens is 1. The first kappa shape index (κ1) is 18.9. The average Bonchev–Trinajstić information content (AvgIpc) is 2.54. The number of hydrogen-bond donors (Lipinski definition) is 1. The third kappa shape index (κ3) is 4.79. The molecule has 1 heterocycles. The van der Waals surface area contributed by atoms with E-state index in [1.54, 1.807) is 19.2 Å². The van der Waals surface area contributed by atoms with E-state index in [1.165, 1.54) is 4.57 Å². The molecule has 0 radical (unpaired) electrons. The molecule has 134 valence electrons. The summed E-state index contributed by atoms with van der Waals surface area (Å²) in [4.78, 5) is 25.2. The van der Waals surface area contributed by atoms with Crippen molar-refractivity contribution in [2.45, 2.75) is 19.9 Å². The van der Waals surface area contributed by atoms with Crippen molar-refractivity contribution in [2.24, 2.45) is 0 Å². The van der Waals surface area contributed by atoms with Crippen molar-refractivity contribution in [1.29, 1.82) is 0 Å². The maximum Gasteiger partial charge on any atom is 0.264 e. The van der Waals surface area contributed by atoms with Gasteiger partial charge >= 0.3 is 0 Å². The zero-order chi connectivity index (χ0) is 18.6. The molecule has 0 bridgehead atoms. The Hall–Kier alpha value is -2.41. The highest BCUT2D eigenvalue weighted by Crippen LogP contribution is 2.16. The standard InChI is InChI=1S/C18H22N2O4S/c1-13-9-11-20(14(2)15-7-5-4-6-8-15)18(22)16(13)17(21)19-10-12-25(3,23)24/h4-9,11,14H,10,12H2,1-3H3,(H,19,21). The normalized spacial score (nSPS) is 12.6. The fraction of sp³-hybridized carbons (Fsp3) is 0.333. The van der Waals surface area contributed by atoms with Crippen molar-refractivity contribution in [2.75, 3.05) is 18.6 Å². The van der Waals surface area contributed by atoms with Gasteiger partial charge in [-0.2, -0.15) is 0 Å². The third-order valence-corrected chi connectivity index (χ3v) is 4.96. The van der Waals surface area contributed by atoms with E-state index in [4.69, 9.17) is 0 Å². The topological polar surface area (TPSA) is 85.2 Å². The smallest absolute Gasteiger partial charge is 0.264 e. The largest absolute Gasteiger partial charge is 0.351 e. The van der Waals surface area contributed by atoms with E-state index in [2.05, 4.69) is 5.32 Å². The number of carbonyl (C=O) groups is 1. The van der Waals surface area contributed by atoms with E-state index in [-0.39, 0.29) is 23.9 Å². The van der Waals surface area contributed by atoms with E-state index >= 15 is 0 Å². The van der Waals surface area contributed by atoms with Gasteiger partial charge in [-0.1, -0.05) is 30.3 Å². The lowest BCUT2D eigenvalue weighted by Crippen LogP contribution is -2.36. The molecule has 25 heavy (non-hydrogen) atoms. The van der Waals surface area contributed by atoms with Crippen LogP contribution in [0.15, 0.2) is 47.4 Å². The fourth-order valence-electron chi connectivity index (χ4n) is 2.55. The van der Waals surface area contributed by atoms with Crippen LogP contribution in [0.2, 0.25) is 0 Å². The first-order valence-electron chi connectivity index (χ1n) is 7.93. The minimum atomic E-state index is -3.18. The second kappa shape index (κ2) is 7.65. The van der Waals surface area contributed by atoms with Gasteiger partial charge in [0.2, 0.25) is 0 Å². The van der Waals surface area contributed by atoms with Crippen molar-refractivity contribution in [1.82, 2.24) is 9.88 Å². The van der Waals surface area contributed by atoms with Gasteiger partial charge in [0, 0.05) is 19.0 Å². The molecule has 7 heteroatoms. The summed E-state index contributed by atoms with van der Waals surface area (Å²) >= 11 is 0. The van der Waals surface area contributed by atoms with E-state index in [0.29, 0.717) is 5.56 Å². The second-order valence-electron chi connectivity index (χ2n) is 6.06. The van der Waals surface area contributed by atoms with Crippen LogP contribution in [0.25, 0.3) is 0 Å². The highest BCUT2D eigenvalue weighted by Gasteiger charge is 2.18. The number of nitrogens with one attached hydrogen (secondary N) is 1. The maximum atomic E-state index is 12.8. The van der Waals surface area contributed by atoms with E-state index in [1.807, 2.05) is 37.3 Å². The molecular formula is C18H22N2O4S. The molecule has 0 aliphatic heterocycles. The number of nitrogens with zero attached hydrogens (tertiary/aromatic N) is 1. The molecular weight excluding hydrogens is 340 g/mol. The molecule has 6 nitrogen and oxygen atoms in total. The molecule has 0 spiro atoms. The van der Waals surface area contributed by atoms with Crippen molar-refractivity contribution >= 4 is 15.7 Å². The number of aryl methyl sites for hydroxylation is 1. The number of hydrogen-bond acceptors (Lipinski definition) is 4. The molecule has 0 fully saturated rings. The summed E-state index contributed by atoms with van der Waals surface area (Å²) in [6.07, 6.45) is 2.77. The van der Waals surface area contributed by atoms with Crippen LogP contribution < -0.4 is 10.9 Å². The van der Waals surface area contributed by atoms with Gasteiger partial charge in [-0.25, -0.2) is 8.42 Å². The molecule has 0 aliphatic rings. The Kier molecular flexibility index (Phi) is 5.79. The van der Waals surface area contributed by atoms with Crippen molar-refractivity contribution in [3.63, 3.8) is 0 Å². The molecule has 0 aliphatic carbocycles. The summed E-state index contributed by atoms with van der Waals surface area (Å²) in [6.45, 7) is 3.54. The lowest BCUT2D eigenvalue weighted by molar-refractivity contribution is 0.0953. The predicted molar refractivity (Wildman–Crippen MR) is 97.7 cm³/mol.